The lowest BCUT2D eigenvalue weighted by atomic mass is 9.99. The number of carbonyl (C=O) groups excluding carboxylic acids is 2. The first-order valence-electron chi connectivity index (χ1n) is 9.35. The molecule has 1 aliphatic carbocycles. The van der Waals surface area contributed by atoms with Gasteiger partial charge in [-0.2, -0.15) is 0 Å². The zero-order valence-corrected chi connectivity index (χ0v) is 15.5. The van der Waals surface area contributed by atoms with Crippen LogP contribution >= 0.6 is 11.8 Å². The van der Waals surface area contributed by atoms with E-state index in [4.69, 9.17) is 0 Å². The molecule has 26 heavy (non-hydrogen) atoms. The van der Waals surface area contributed by atoms with E-state index in [1.807, 2.05) is 6.07 Å². The third-order valence-electron chi connectivity index (χ3n) is 5.64. The molecule has 5 nitrogen and oxygen atoms in total. The average molecular weight is 377 g/mol. The van der Waals surface area contributed by atoms with Crippen LogP contribution in [-0.4, -0.2) is 40.9 Å². The molecule has 2 heterocycles. The summed E-state index contributed by atoms with van der Waals surface area (Å²) in [5.41, 5.74) is 1.85. The second-order valence-electron chi connectivity index (χ2n) is 7.29. The summed E-state index contributed by atoms with van der Waals surface area (Å²) < 4.78 is 14.8. The van der Waals surface area contributed by atoms with Crippen LogP contribution in [0.2, 0.25) is 0 Å². The van der Waals surface area contributed by atoms with Crippen LogP contribution in [0.4, 0.5) is 10.1 Å². The average Bonchev–Trinajstić information content (AvgIpc) is 3.35. The van der Waals surface area contributed by atoms with Crippen molar-refractivity contribution in [1.29, 1.82) is 0 Å². The second kappa shape index (κ2) is 7.56. The van der Waals surface area contributed by atoms with Crippen LogP contribution in [0.25, 0.3) is 0 Å². The van der Waals surface area contributed by atoms with Crippen LogP contribution in [0.1, 0.15) is 36.8 Å². The van der Waals surface area contributed by atoms with Crippen molar-refractivity contribution in [3.8, 4) is 0 Å². The highest BCUT2D eigenvalue weighted by atomic mass is 32.2. The third-order valence-corrected chi connectivity index (χ3v) is 6.65. The normalized spacial score (nSPS) is 23.1. The molecule has 1 saturated carbocycles. The number of thioether (sulfide) groups is 1. The largest absolute Gasteiger partial charge is 0.322 e. The minimum absolute atomic E-state index is 0.0528. The number of nitrogens with zero attached hydrogens (tertiary/aromatic N) is 1. The van der Waals surface area contributed by atoms with Gasteiger partial charge in [0.15, 0.2) is 0 Å². The molecule has 0 spiro atoms. The standard InChI is InChI=1S/C19H24FN3O2S/c20-17-14-7-8-21-9-13(14)5-6-15(17)22-18(24)16-10-26-11-23(16)19(25)12-3-1-2-4-12/h5-6,12,16,21H,1-4,7-11H2,(H,22,24). The van der Waals surface area contributed by atoms with Crippen molar-refractivity contribution in [3.63, 3.8) is 0 Å². The molecule has 3 aliphatic rings. The van der Waals surface area contributed by atoms with E-state index < -0.39 is 6.04 Å². The van der Waals surface area contributed by atoms with E-state index in [0.717, 1.165) is 37.8 Å². The summed E-state index contributed by atoms with van der Waals surface area (Å²) in [6, 6.07) is 2.99. The predicted molar refractivity (Wildman–Crippen MR) is 100 cm³/mol. The Kier molecular flexibility index (Phi) is 5.18. The van der Waals surface area contributed by atoms with E-state index in [9.17, 15) is 14.0 Å². The molecule has 0 aromatic heterocycles. The van der Waals surface area contributed by atoms with Crippen molar-refractivity contribution in [2.75, 3.05) is 23.5 Å². The second-order valence-corrected chi connectivity index (χ2v) is 8.29. The summed E-state index contributed by atoms with van der Waals surface area (Å²) in [4.78, 5) is 27.2. The van der Waals surface area contributed by atoms with E-state index in [2.05, 4.69) is 10.6 Å². The van der Waals surface area contributed by atoms with Gasteiger partial charge >= 0.3 is 0 Å². The molecule has 4 rings (SSSR count). The van der Waals surface area contributed by atoms with Gasteiger partial charge in [0.25, 0.3) is 0 Å². The lowest BCUT2D eigenvalue weighted by Gasteiger charge is -2.26. The van der Waals surface area contributed by atoms with E-state index in [1.165, 1.54) is 0 Å². The van der Waals surface area contributed by atoms with Gasteiger partial charge in [-0.25, -0.2) is 4.39 Å². The molecule has 1 saturated heterocycles. The van der Waals surface area contributed by atoms with Gasteiger partial charge in [-0.3, -0.25) is 9.59 Å². The SMILES string of the molecule is O=C(Nc1ccc2c(c1F)CCNC2)C1CSCN1C(=O)C1CCCC1. The van der Waals surface area contributed by atoms with Crippen molar-refractivity contribution in [2.45, 2.75) is 44.7 Å². The van der Waals surface area contributed by atoms with E-state index in [0.29, 0.717) is 30.2 Å². The first kappa shape index (κ1) is 17.8. The summed E-state index contributed by atoms with van der Waals surface area (Å²) in [5, 5.41) is 5.95. The maximum atomic E-state index is 14.8. The van der Waals surface area contributed by atoms with Crippen LogP contribution in [0, 0.1) is 11.7 Å². The van der Waals surface area contributed by atoms with Gasteiger partial charge < -0.3 is 15.5 Å². The molecule has 2 aliphatic heterocycles. The maximum absolute atomic E-state index is 14.8. The summed E-state index contributed by atoms with van der Waals surface area (Å²) in [6.45, 7) is 1.40. The number of hydrogen-bond donors (Lipinski definition) is 2. The number of fused-ring (bicyclic) bond motifs is 1. The quantitative estimate of drug-likeness (QED) is 0.850. The smallest absolute Gasteiger partial charge is 0.248 e. The highest BCUT2D eigenvalue weighted by Crippen LogP contribution is 2.31. The lowest BCUT2D eigenvalue weighted by Crippen LogP contribution is -2.46. The number of hydrogen-bond acceptors (Lipinski definition) is 4. The van der Waals surface area contributed by atoms with E-state index in [1.54, 1.807) is 22.7 Å². The Hall–Kier alpha value is -1.60. The number of rotatable bonds is 3. The van der Waals surface area contributed by atoms with Gasteiger partial charge in [-0.05, 0) is 43.0 Å². The van der Waals surface area contributed by atoms with Crippen LogP contribution in [-0.2, 0) is 22.6 Å². The minimum Gasteiger partial charge on any atom is -0.322 e. The van der Waals surface area contributed by atoms with Crippen molar-refractivity contribution in [3.05, 3.63) is 29.1 Å². The molecule has 0 radical (unpaired) electrons. The van der Waals surface area contributed by atoms with Crippen LogP contribution in [0.3, 0.4) is 0 Å². The predicted octanol–water partition coefficient (Wildman–Crippen LogP) is 2.50. The minimum atomic E-state index is -0.509. The van der Waals surface area contributed by atoms with Gasteiger partial charge in [0.2, 0.25) is 11.8 Å². The number of carbonyl (C=O) groups is 2. The maximum Gasteiger partial charge on any atom is 0.248 e. The Morgan fingerprint density at radius 1 is 1.27 bits per heavy atom. The molecule has 2 N–H and O–H groups in total. The number of anilines is 1. The molecule has 2 amide bonds. The molecule has 7 heteroatoms. The van der Waals surface area contributed by atoms with Crippen molar-refractivity contribution in [1.82, 2.24) is 10.2 Å². The number of halogens is 1. The fourth-order valence-electron chi connectivity index (χ4n) is 4.13. The first-order valence-corrected chi connectivity index (χ1v) is 10.5. The number of benzene rings is 1. The van der Waals surface area contributed by atoms with Crippen molar-refractivity contribution in [2.24, 2.45) is 5.92 Å². The van der Waals surface area contributed by atoms with Crippen molar-refractivity contribution < 1.29 is 14.0 Å². The molecule has 1 atom stereocenters. The van der Waals surface area contributed by atoms with E-state index >= 15 is 0 Å². The zero-order chi connectivity index (χ0) is 18.1. The van der Waals surface area contributed by atoms with Crippen LogP contribution in [0.5, 0.6) is 0 Å². The number of amides is 2. The summed E-state index contributed by atoms with van der Waals surface area (Å²) in [5.74, 6) is 0.638. The highest BCUT2D eigenvalue weighted by molar-refractivity contribution is 7.99. The molecule has 0 bridgehead atoms. The van der Waals surface area contributed by atoms with Crippen LogP contribution < -0.4 is 10.6 Å². The number of nitrogens with one attached hydrogen (secondary N) is 2. The van der Waals surface area contributed by atoms with Crippen molar-refractivity contribution >= 4 is 29.3 Å². The Morgan fingerprint density at radius 2 is 2.08 bits per heavy atom. The topological polar surface area (TPSA) is 61.4 Å². The lowest BCUT2D eigenvalue weighted by molar-refractivity contribution is -0.139. The Labute approximate surface area is 157 Å². The molecular formula is C19H24FN3O2S. The van der Waals surface area contributed by atoms with Gasteiger partial charge in [0.1, 0.15) is 11.9 Å². The molecule has 1 aromatic carbocycles. The Morgan fingerprint density at radius 3 is 2.88 bits per heavy atom. The third kappa shape index (κ3) is 3.34. The molecular weight excluding hydrogens is 353 g/mol. The summed E-state index contributed by atoms with van der Waals surface area (Å²) in [6.07, 6.45) is 4.63. The van der Waals surface area contributed by atoms with Gasteiger partial charge in [0, 0.05) is 18.2 Å². The molecule has 1 aromatic rings. The summed E-state index contributed by atoms with van der Waals surface area (Å²) in [7, 11) is 0. The van der Waals surface area contributed by atoms with Gasteiger partial charge in [-0.15, -0.1) is 11.8 Å². The fraction of sp³-hybridized carbons (Fsp3) is 0.579. The Balaban J connectivity index is 1.48. The van der Waals surface area contributed by atoms with E-state index in [-0.39, 0.29) is 29.2 Å². The monoisotopic (exact) mass is 377 g/mol. The van der Waals surface area contributed by atoms with Gasteiger partial charge in [-0.1, -0.05) is 18.9 Å². The summed E-state index contributed by atoms with van der Waals surface area (Å²) >= 11 is 1.59. The zero-order valence-electron chi connectivity index (χ0n) is 14.7. The molecule has 140 valence electrons. The Bertz CT molecular complexity index is 721. The molecule has 1 unspecified atom stereocenters. The first-order chi connectivity index (χ1) is 12.6. The molecule has 2 fully saturated rings. The fourth-order valence-corrected chi connectivity index (χ4v) is 5.29. The van der Waals surface area contributed by atoms with Gasteiger partial charge in [0.05, 0.1) is 11.6 Å². The van der Waals surface area contributed by atoms with Crippen LogP contribution in [0.15, 0.2) is 12.1 Å². The highest BCUT2D eigenvalue weighted by Gasteiger charge is 2.38.